The molecule has 15 heavy (non-hydrogen) atoms. The quantitative estimate of drug-likeness (QED) is 0.506. The maximum atomic E-state index is 4.26. The summed E-state index contributed by atoms with van der Waals surface area (Å²) in [6, 6.07) is 0. The molecule has 1 aromatic rings. The first-order chi connectivity index (χ1) is 6.63. The van der Waals surface area contributed by atoms with Crippen molar-refractivity contribution in [1.82, 2.24) is 15.2 Å². The lowest BCUT2D eigenvalue weighted by atomic mass is 10.6. The van der Waals surface area contributed by atoms with Crippen molar-refractivity contribution in [2.75, 3.05) is 21.1 Å². The highest BCUT2D eigenvalue weighted by atomic mass is 127. The van der Waals surface area contributed by atoms with Crippen molar-refractivity contribution >= 4 is 41.3 Å². The number of rotatable bonds is 2. The minimum Gasteiger partial charge on any atom is -0.350 e. The van der Waals surface area contributed by atoms with E-state index in [1.807, 2.05) is 25.2 Å². The SMILES string of the molecule is CN=C(NCc1ncc(C)s1)N(C)C.I. The second-order valence-electron chi connectivity index (χ2n) is 3.16. The molecule has 0 unspecified atom stereocenters. The van der Waals surface area contributed by atoms with E-state index in [-0.39, 0.29) is 24.0 Å². The highest BCUT2D eigenvalue weighted by molar-refractivity contribution is 14.0. The van der Waals surface area contributed by atoms with Crippen LogP contribution in [-0.4, -0.2) is 37.0 Å². The zero-order valence-electron chi connectivity index (χ0n) is 9.44. The summed E-state index contributed by atoms with van der Waals surface area (Å²) in [5.74, 6) is 0.873. The van der Waals surface area contributed by atoms with Crippen molar-refractivity contribution < 1.29 is 0 Å². The topological polar surface area (TPSA) is 40.5 Å². The van der Waals surface area contributed by atoms with E-state index in [4.69, 9.17) is 0 Å². The fourth-order valence-corrected chi connectivity index (χ4v) is 1.80. The average Bonchev–Trinajstić information content (AvgIpc) is 2.52. The van der Waals surface area contributed by atoms with Crippen LogP contribution >= 0.6 is 35.3 Å². The molecule has 1 aromatic heterocycles. The number of thiazole rings is 1. The molecule has 1 N–H and O–H groups in total. The number of hydrogen-bond acceptors (Lipinski definition) is 3. The maximum absolute atomic E-state index is 4.26. The van der Waals surface area contributed by atoms with Gasteiger partial charge in [0.25, 0.3) is 0 Å². The van der Waals surface area contributed by atoms with Gasteiger partial charge in [0.2, 0.25) is 0 Å². The van der Waals surface area contributed by atoms with Crippen molar-refractivity contribution in [2.24, 2.45) is 4.99 Å². The molecular weight excluding hydrogens is 323 g/mol. The summed E-state index contributed by atoms with van der Waals surface area (Å²) in [6.45, 7) is 2.80. The molecule has 0 aromatic carbocycles. The Balaban J connectivity index is 0.00000196. The van der Waals surface area contributed by atoms with E-state index in [2.05, 4.69) is 22.2 Å². The van der Waals surface area contributed by atoms with Gasteiger partial charge in [0, 0.05) is 32.2 Å². The van der Waals surface area contributed by atoms with Crippen LogP contribution in [0.15, 0.2) is 11.2 Å². The van der Waals surface area contributed by atoms with Crippen molar-refractivity contribution in [2.45, 2.75) is 13.5 Å². The van der Waals surface area contributed by atoms with Crippen LogP contribution in [0, 0.1) is 6.92 Å². The standard InChI is InChI=1S/C9H16N4S.HI/c1-7-5-11-8(14-7)6-12-9(10-2)13(3)4;/h5H,6H2,1-4H3,(H,10,12);1H. The lowest BCUT2D eigenvalue weighted by molar-refractivity contribution is 0.582. The largest absolute Gasteiger partial charge is 0.350 e. The Bertz CT molecular complexity index is 322. The molecule has 0 radical (unpaired) electrons. The first-order valence-electron chi connectivity index (χ1n) is 4.42. The van der Waals surface area contributed by atoms with Crippen LogP contribution in [0.1, 0.15) is 9.88 Å². The number of nitrogens with zero attached hydrogens (tertiary/aromatic N) is 3. The zero-order valence-corrected chi connectivity index (χ0v) is 12.6. The minimum atomic E-state index is 0. The molecular formula is C9H17IN4S. The summed E-state index contributed by atoms with van der Waals surface area (Å²) < 4.78 is 0. The van der Waals surface area contributed by atoms with E-state index in [1.54, 1.807) is 18.4 Å². The molecule has 1 rings (SSSR count). The van der Waals surface area contributed by atoms with Crippen LogP contribution in [-0.2, 0) is 6.54 Å². The Kier molecular flexibility index (Phi) is 6.82. The Labute approximate surface area is 112 Å². The fourth-order valence-electron chi connectivity index (χ4n) is 1.08. The zero-order chi connectivity index (χ0) is 10.6. The second kappa shape index (κ2) is 7.00. The van der Waals surface area contributed by atoms with E-state index >= 15 is 0 Å². The van der Waals surface area contributed by atoms with E-state index in [9.17, 15) is 0 Å². The molecule has 0 spiro atoms. The van der Waals surface area contributed by atoms with Crippen LogP contribution in [0.4, 0.5) is 0 Å². The first-order valence-corrected chi connectivity index (χ1v) is 5.24. The van der Waals surface area contributed by atoms with Crippen molar-refractivity contribution in [1.29, 1.82) is 0 Å². The van der Waals surface area contributed by atoms with Gasteiger partial charge >= 0.3 is 0 Å². The van der Waals surface area contributed by atoms with Gasteiger partial charge in [-0.1, -0.05) is 0 Å². The average molecular weight is 340 g/mol. The molecule has 6 heteroatoms. The van der Waals surface area contributed by atoms with Gasteiger partial charge in [-0.05, 0) is 6.92 Å². The normalized spacial score (nSPS) is 10.8. The van der Waals surface area contributed by atoms with Gasteiger partial charge in [-0.2, -0.15) is 0 Å². The van der Waals surface area contributed by atoms with Gasteiger partial charge < -0.3 is 10.2 Å². The van der Waals surface area contributed by atoms with Crippen LogP contribution in [0.25, 0.3) is 0 Å². The summed E-state index contributed by atoms with van der Waals surface area (Å²) in [6.07, 6.45) is 1.89. The van der Waals surface area contributed by atoms with Crippen LogP contribution < -0.4 is 5.32 Å². The third-order valence-corrected chi connectivity index (χ3v) is 2.62. The molecule has 0 atom stereocenters. The molecule has 4 nitrogen and oxygen atoms in total. The molecule has 0 saturated heterocycles. The molecule has 0 aliphatic rings. The smallest absolute Gasteiger partial charge is 0.193 e. The molecule has 86 valence electrons. The summed E-state index contributed by atoms with van der Waals surface area (Å²) in [7, 11) is 5.69. The van der Waals surface area contributed by atoms with Gasteiger partial charge in [0.1, 0.15) is 5.01 Å². The van der Waals surface area contributed by atoms with Crippen molar-refractivity contribution in [3.8, 4) is 0 Å². The number of halogens is 1. The monoisotopic (exact) mass is 340 g/mol. The Morgan fingerprint density at radius 1 is 1.60 bits per heavy atom. The van der Waals surface area contributed by atoms with Crippen LogP contribution in [0.3, 0.4) is 0 Å². The number of nitrogens with one attached hydrogen (secondary N) is 1. The lowest BCUT2D eigenvalue weighted by Gasteiger charge is -2.15. The summed E-state index contributed by atoms with van der Waals surface area (Å²) in [5.41, 5.74) is 0. The summed E-state index contributed by atoms with van der Waals surface area (Å²) in [5, 5.41) is 4.31. The Morgan fingerprint density at radius 3 is 2.67 bits per heavy atom. The number of hydrogen-bond donors (Lipinski definition) is 1. The molecule has 0 amide bonds. The number of aromatic nitrogens is 1. The molecule has 0 aliphatic carbocycles. The van der Waals surface area contributed by atoms with Gasteiger partial charge in [0.15, 0.2) is 5.96 Å². The Hall–Kier alpha value is -0.370. The predicted octanol–water partition coefficient (Wildman–Crippen LogP) is 1.71. The van der Waals surface area contributed by atoms with Gasteiger partial charge in [-0.25, -0.2) is 4.98 Å². The minimum absolute atomic E-state index is 0. The highest BCUT2D eigenvalue weighted by Crippen LogP contribution is 2.10. The first kappa shape index (κ1) is 14.6. The van der Waals surface area contributed by atoms with Crippen molar-refractivity contribution in [3.05, 3.63) is 16.1 Å². The lowest BCUT2D eigenvalue weighted by Crippen LogP contribution is -2.35. The van der Waals surface area contributed by atoms with Gasteiger partial charge in [0.05, 0.1) is 6.54 Å². The third kappa shape index (κ3) is 4.78. The van der Waals surface area contributed by atoms with E-state index in [1.165, 1.54) is 4.88 Å². The summed E-state index contributed by atoms with van der Waals surface area (Å²) in [4.78, 5) is 11.6. The van der Waals surface area contributed by atoms with E-state index in [0.717, 1.165) is 17.5 Å². The van der Waals surface area contributed by atoms with Crippen LogP contribution in [0.2, 0.25) is 0 Å². The number of aliphatic imine (C=N–C) groups is 1. The molecule has 1 heterocycles. The third-order valence-electron chi connectivity index (χ3n) is 1.70. The maximum Gasteiger partial charge on any atom is 0.193 e. The fraction of sp³-hybridized carbons (Fsp3) is 0.556. The predicted molar refractivity (Wildman–Crippen MR) is 76.2 cm³/mol. The second-order valence-corrected chi connectivity index (χ2v) is 4.48. The number of guanidine groups is 1. The summed E-state index contributed by atoms with van der Waals surface area (Å²) >= 11 is 1.70. The van der Waals surface area contributed by atoms with Crippen molar-refractivity contribution in [3.63, 3.8) is 0 Å². The van der Waals surface area contributed by atoms with E-state index in [0.29, 0.717) is 0 Å². The molecule has 0 bridgehead atoms. The molecule has 0 saturated carbocycles. The highest BCUT2D eigenvalue weighted by Gasteiger charge is 2.02. The number of aryl methyl sites for hydroxylation is 1. The molecule has 0 aliphatic heterocycles. The van der Waals surface area contributed by atoms with Crippen LogP contribution in [0.5, 0.6) is 0 Å². The molecule has 0 fully saturated rings. The Morgan fingerprint density at radius 2 is 2.27 bits per heavy atom. The van der Waals surface area contributed by atoms with Gasteiger partial charge in [-0.15, -0.1) is 35.3 Å². The van der Waals surface area contributed by atoms with E-state index < -0.39 is 0 Å². The van der Waals surface area contributed by atoms with Gasteiger partial charge in [-0.3, -0.25) is 4.99 Å².